The van der Waals surface area contributed by atoms with Gasteiger partial charge in [0.2, 0.25) is 5.91 Å². The normalized spacial score (nSPS) is 12.1. The SMILES string of the molecule is CCOC(=O)/C(C#N)=c1\s/c(=C/Nc2ccc(NC(=O)COC)cc2)c(=O)n1CC. The maximum Gasteiger partial charge on any atom is 0.351 e. The third-order valence-corrected chi connectivity index (χ3v) is 4.97. The third-order valence-electron chi connectivity index (χ3n) is 3.84. The number of nitriles is 1. The van der Waals surface area contributed by atoms with Crippen LogP contribution in [0.15, 0.2) is 29.1 Å². The van der Waals surface area contributed by atoms with E-state index in [2.05, 4.69) is 10.6 Å². The van der Waals surface area contributed by atoms with Crippen molar-refractivity contribution in [3.05, 3.63) is 43.8 Å². The molecule has 158 valence electrons. The summed E-state index contributed by atoms with van der Waals surface area (Å²) >= 11 is 1.03. The van der Waals surface area contributed by atoms with E-state index in [0.717, 1.165) is 11.3 Å². The fourth-order valence-corrected chi connectivity index (χ4v) is 3.58. The number of rotatable bonds is 8. The van der Waals surface area contributed by atoms with Gasteiger partial charge in [-0.3, -0.25) is 14.2 Å². The van der Waals surface area contributed by atoms with Gasteiger partial charge in [-0.15, -0.1) is 11.3 Å². The van der Waals surface area contributed by atoms with Crippen molar-refractivity contribution in [2.24, 2.45) is 0 Å². The second-order valence-electron chi connectivity index (χ2n) is 5.88. The van der Waals surface area contributed by atoms with Crippen LogP contribution in [0.25, 0.3) is 11.8 Å². The molecule has 0 spiro atoms. The number of methoxy groups -OCH3 is 1. The maximum atomic E-state index is 12.6. The van der Waals surface area contributed by atoms with Crippen molar-refractivity contribution < 1.29 is 19.1 Å². The highest BCUT2D eigenvalue weighted by Gasteiger charge is 2.16. The van der Waals surface area contributed by atoms with Crippen LogP contribution in [-0.2, 0) is 25.6 Å². The topological polar surface area (TPSA) is 122 Å². The van der Waals surface area contributed by atoms with E-state index in [9.17, 15) is 19.6 Å². The van der Waals surface area contributed by atoms with Gasteiger partial charge in [0.15, 0.2) is 5.57 Å². The van der Waals surface area contributed by atoms with Crippen molar-refractivity contribution in [1.29, 1.82) is 5.26 Å². The Hall–Kier alpha value is -3.42. The molecule has 1 heterocycles. The van der Waals surface area contributed by atoms with Crippen molar-refractivity contribution >= 4 is 46.4 Å². The first-order chi connectivity index (χ1) is 14.4. The number of aromatic nitrogens is 1. The van der Waals surface area contributed by atoms with Crippen LogP contribution in [0, 0.1) is 11.3 Å². The summed E-state index contributed by atoms with van der Waals surface area (Å²) in [6, 6.07) is 8.71. The molecule has 1 aromatic heterocycles. The number of benzene rings is 1. The Morgan fingerprint density at radius 1 is 1.23 bits per heavy atom. The highest BCUT2D eigenvalue weighted by molar-refractivity contribution is 7.07. The number of hydrogen-bond acceptors (Lipinski definition) is 8. The highest BCUT2D eigenvalue weighted by Crippen LogP contribution is 2.13. The molecule has 0 aliphatic heterocycles. The van der Waals surface area contributed by atoms with E-state index in [1.165, 1.54) is 17.9 Å². The minimum Gasteiger partial charge on any atom is -0.462 e. The van der Waals surface area contributed by atoms with Gasteiger partial charge in [-0.25, -0.2) is 4.79 Å². The lowest BCUT2D eigenvalue weighted by atomic mass is 10.3. The smallest absolute Gasteiger partial charge is 0.351 e. The zero-order chi connectivity index (χ0) is 22.1. The van der Waals surface area contributed by atoms with E-state index < -0.39 is 5.97 Å². The minimum absolute atomic E-state index is 0.0360. The Morgan fingerprint density at radius 3 is 2.47 bits per heavy atom. The molecule has 0 atom stereocenters. The van der Waals surface area contributed by atoms with E-state index in [-0.39, 0.29) is 34.9 Å². The minimum atomic E-state index is -0.755. The van der Waals surface area contributed by atoms with E-state index >= 15 is 0 Å². The molecule has 0 radical (unpaired) electrons. The van der Waals surface area contributed by atoms with Crippen LogP contribution in [0.5, 0.6) is 0 Å². The summed E-state index contributed by atoms with van der Waals surface area (Å²) < 4.78 is 11.6. The van der Waals surface area contributed by atoms with Crippen LogP contribution in [-0.4, -0.2) is 36.8 Å². The standard InChI is InChI=1S/C20H22N4O5S/c1-4-24-18(26)16(30-19(24)15(10-21)20(27)29-5-2)11-22-13-6-8-14(9-7-13)23-17(25)12-28-3/h6-9,11,22H,4-5,12H2,1-3H3,(H,23,25)/b16-11+,19-15-. The molecule has 1 aromatic carbocycles. The first-order valence-electron chi connectivity index (χ1n) is 9.11. The van der Waals surface area contributed by atoms with Gasteiger partial charge in [0.1, 0.15) is 21.9 Å². The van der Waals surface area contributed by atoms with Crippen LogP contribution in [0.2, 0.25) is 0 Å². The molecule has 0 unspecified atom stereocenters. The van der Waals surface area contributed by atoms with E-state index in [4.69, 9.17) is 9.47 Å². The van der Waals surface area contributed by atoms with Crippen LogP contribution < -0.4 is 25.4 Å². The Bertz CT molecular complexity index is 1130. The van der Waals surface area contributed by atoms with Gasteiger partial charge >= 0.3 is 5.97 Å². The molecule has 9 nitrogen and oxygen atoms in total. The Labute approximate surface area is 176 Å². The monoisotopic (exact) mass is 430 g/mol. The summed E-state index contributed by atoms with van der Waals surface area (Å²) in [5, 5.41) is 15.1. The van der Waals surface area contributed by atoms with E-state index in [1.54, 1.807) is 38.1 Å². The lowest BCUT2D eigenvalue weighted by Crippen LogP contribution is -2.32. The molecular weight excluding hydrogens is 408 g/mol. The summed E-state index contributed by atoms with van der Waals surface area (Å²) in [5.74, 6) is -1.02. The number of nitrogens with zero attached hydrogens (tertiary/aromatic N) is 2. The largest absolute Gasteiger partial charge is 0.462 e. The number of ether oxygens (including phenoxy) is 2. The fraction of sp³-hybridized carbons (Fsp3) is 0.300. The molecule has 0 saturated carbocycles. The number of esters is 1. The van der Waals surface area contributed by atoms with Gasteiger partial charge in [-0.2, -0.15) is 5.26 Å². The summed E-state index contributed by atoms with van der Waals surface area (Å²) in [6.07, 6.45) is 1.52. The molecule has 1 amide bonds. The molecule has 2 rings (SSSR count). The molecule has 0 aliphatic rings. The van der Waals surface area contributed by atoms with Crippen molar-refractivity contribution in [2.75, 3.05) is 31.0 Å². The number of nitrogens with one attached hydrogen (secondary N) is 2. The zero-order valence-electron chi connectivity index (χ0n) is 16.9. The quantitative estimate of drug-likeness (QED) is 0.588. The van der Waals surface area contributed by atoms with Gasteiger partial charge in [0, 0.05) is 31.2 Å². The molecule has 0 bridgehead atoms. The maximum absolute atomic E-state index is 12.6. The Kier molecular flexibility index (Phi) is 8.34. The number of amides is 1. The predicted octanol–water partition coefficient (Wildman–Crippen LogP) is 0.602. The molecule has 10 heteroatoms. The summed E-state index contributed by atoms with van der Waals surface area (Å²) in [4.78, 5) is 36.2. The molecule has 2 aromatic rings. The molecule has 0 saturated heterocycles. The van der Waals surface area contributed by atoms with Crippen molar-refractivity contribution in [3.8, 4) is 6.07 Å². The number of carbonyl (C=O) groups excluding carboxylic acids is 2. The number of anilines is 2. The summed E-state index contributed by atoms with van der Waals surface area (Å²) in [7, 11) is 1.44. The van der Waals surface area contributed by atoms with Crippen molar-refractivity contribution in [2.45, 2.75) is 20.4 Å². The number of carbonyl (C=O) groups is 2. The van der Waals surface area contributed by atoms with E-state index in [0.29, 0.717) is 22.5 Å². The predicted molar refractivity (Wildman–Crippen MR) is 114 cm³/mol. The van der Waals surface area contributed by atoms with Crippen molar-refractivity contribution in [1.82, 2.24) is 4.57 Å². The molecule has 30 heavy (non-hydrogen) atoms. The molecule has 0 aliphatic carbocycles. The van der Waals surface area contributed by atoms with Gasteiger partial charge in [-0.1, -0.05) is 0 Å². The van der Waals surface area contributed by atoms with Crippen LogP contribution >= 0.6 is 11.3 Å². The van der Waals surface area contributed by atoms with Crippen LogP contribution in [0.4, 0.5) is 11.4 Å². The third kappa shape index (κ3) is 5.56. The summed E-state index contributed by atoms with van der Waals surface area (Å²) in [5.41, 5.74) is 0.783. The first kappa shape index (κ1) is 22.9. The lowest BCUT2D eigenvalue weighted by molar-refractivity contribution is -0.136. The van der Waals surface area contributed by atoms with Crippen molar-refractivity contribution in [3.63, 3.8) is 0 Å². The van der Waals surface area contributed by atoms with Crippen LogP contribution in [0.3, 0.4) is 0 Å². The summed E-state index contributed by atoms with van der Waals surface area (Å²) in [6.45, 7) is 3.80. The number of hydrogen-bond donors (Lipinski definition) is 2. The first-order valence-corrected chi connectivity index (χ1v) is 9.93. The zero-order valence-corrected chi connectivity index (χ0v) is 17.7. The Balaban J connectivity index is 2.34. The second-order valence-corrected chi connectivity index (χ2v) is 6.91. The average Bonchev–Trinajstić information content (AvgIpc) is 3.03. The second kappa shape index (κ2) is 10.9. The van der Waals surface area contributed by atoms with E-state index in [1.807, 2.05) is 6.07 Å². The highest BCUT2D eigenvalue weighted by atomic mass is 32.1. The molecule has 2 N–H and O–H groups in total. The fourth-order valence-electron chi connectivity index (χ4n) is 2.50. The number of thiazole rings is 1. The van der Waals surface area contributed by atoms with Gasteiger partial charge in [0.05, 0.1) is 6.61 Å². The Morgan fingerprint density at radius 2 is 1.90 bits per heavy atom. The lowest BCUT2D eigenvalue weighted by Gasteiger charge is -2.05. The molecule has 0 fully saturated rings. The van der Waals surface area contributed by atoms with Crippen LogP contribution in [0.1, 0.15) is 13.8 Å². The van der Waals surface area contributed by atoms with Gasteiger partial charge in [-0.05, 0) is 38.1 Å². The van der Waals surface area contributed by atoms with Gasteiger partial charge < -0.3 is 20.1 Å². The van der Waals surface area contributed by atoms with Gasteiger partial charge in [0.25, 0.3) is 5.56 Å². The molecular formula is C20H22N4O5S. The average molecular weight is 430 g/mol.